The van der Waals surface area contributed by atoms with Crippen molar-refractivity contribution in [2.45, 2.75) is 6.18 Å². The Bertz CT molecular complexity index is 1970. The van der Waals surface area contributed by atoms with Crippen LogP contribution < -0.4 is 5.32 Å². The number of pyridine rings is 1. The van der Waals surface area contributed by atoms with E-state index in [1.807, 2.05) is 6.07 Å². The van der Waals surface area contributed by atoms with Gasteiger partial charge in [-0.2, -0.15) is 18.4 Å². The average molecular weight is 581 g/mol. The summed E-state index contributed by atoms with van der Waals surface area (Å²) in [6, 6.07) is 14.0. The molecule has 1 amide bonds. The highest BCUT2D eigenvalue weighted by atomic mass is 31.2. The molecule has 5 aromatic rings. The van der Waals surface area contributed by atoms with E-state index in [2.05, 4.69) is 10.3 Å². The molecule has 0 radical (unpaired) electrons. The quantitative estimate of drug-likeness (QED) is 0.194. The summed E-state index contributed by atoms with van der Waals surface area (Å²) in [5.41, 5.74) is 0.267. The topological polar surface area (TPSA) is 150 Å². The van der Waals surface area contributed by atoms with Gasteiger partial charge in [-0.3, -0.25) is 14.2 Å². The van der Waals surface area contributed by atoms with Crippen LogP contribution in [0.5, 0.6) is 0 Å². The number of hydrogen-bond acceptors (Lipinski definition) is 5. The lowest BCUT2D eigenvalue weighted by molar-refractivity contribution is -0.137. The molecule has 0 saturated carbocycles. The van der Waals surface area contributed by atoms with Crippen LogP contribution in [-0.4, -0.2) is 41.6 Å². The number of nitriles is 1. The number of fused-ring (bicyclic) bond motifs is 2. The lowest BCUT2D eigenvalue weighted by Crippen LogP contribution is -2.17. The highest BCUT2D eigenvalue weighted by Gasteiger charge is 2.35. The van der Waals surface area contributed by atoms with Crippen LogP contribution in [0.3, 0.4) is 0 Å². The number of carbonyl (C=O) groups excluding carboxylic acids is 2. The molecule has 14 heteroatoms. The lowest BCUT2D eigenvalue weighted by atomic mass is 9.98. The maximum absolute atomic E-state index is 14.1. The Kier molecular flexibility index (Phi) is 6.79. The minimum atomic E-state index is -4.66. The van der Waals surface area contributed by atoms with Gasteiger partial charge >= 0.3 is 13.8 Å². The van der Waals surface area contributed by atoms with Crippen LogP contribution >= 0.6 is 7.60 Å². The van der Waals surface area contributed by atoms with Crippen molar-refractivity contribution in [2.24, 2.45) is 7.05 Å². The number of aryl methyl sites for hydroxylation is 1. The highest BCUT2D eigenvalue weighted by molar-refractivity contribution is 7.52. The van der Waals surface area contributed by atoms with Crippen LogP contribution in [0.15, 0.2) is 67.1 Å². The number of rotatable bonds is 6. The van der Waals surface area contributed by atoms with Gasteiger partial charge < -0.3 is 24.1 Å². The molecule has 0 saturated heterocycles. The molecule has 0 aliphatic heterocycles. The fourth-order valence-corrected chi connectivity index (χ4v) is 5.05. The smallest absolute Gasteiger partial charge is 0.334 e. The Morgan fingerprint density at radius 3 is 2.51 bits per heavy atom. The molecule has 0 spiro atoms. The number of aromatic nitrogens is 3. The zero-order chi connectivity index (χ0) is 29.7. The number of nitrogens with zero attached hydrogens (tertiary/aromatic N) is 4. The van der Waals surface area contributed by atoms with Crippen LogP contribution in [0.25, 0.3) is 27.7 Å². The molecule has 0 bridgehead atoms. The maximum Gasteiger partial charge on any atom is 0.417 e. The molecule has 208 valence electrons. The first-order valence-electron chi connectivity index (χ1n) is 11.8. The second-order valence-corrected chi connectivity index (χ2v) is 10.9. The molecule has 0 unspecified atom stereocenters. The van der Waals surface area contributed by atoms with Gasteiger partial charge in [0.1, 0.15) is 12.2 Å². The van der Waals surface area contributed by atoms with Crippen molar-refractivity contribution >= 4 is 41.5 Å². The number of imidazole rings is 1. The Balaban J connectivity index is 1.56. The third-order valence-electron chi connectivity index (χ3n) is 6.41. The molecule has 41 heavy (non-hydrogen) atoms. The lowest BCUT2D eigenvalue weighted by Gasteiger charge is -2.15. The van der Waals surface area contributed by atoms with E-state index in [1.54, 1.807) is 7.05 Å². The van der Waals surface area contributed by atoms with Crippen molar-refractivity contribution in [3.63, 3.8) is 0 Å². The van der Waals surface area contributed by atoms with Gasteiger partial charge in [0.05, 0.1) is 45.4 Å². The number of ketones is 1. The Hall–Kier alpha value is -4.76. The van der Waals surface area contributed by atoms with Gasteiger partial charge in [0.15, 0.2) is 0 Å². The van der Waals surface area contributed by atoms with E-state index >= 15 is 0 Å². The first-order chi connectivity index (χ1) is 19.3. The summed E-state index contributed by atoms with van der Waals surface area (Å²) in [5, 5.41) is 11.8. The fraction of sp³-hybridized carbons (Fsp3) is 0.111. The SMILES string of the molecule is Cn1cnc2cc(-c3cccn4c(C(=O)c5ccc(NC(=O)CP(=O)(O)O)c(C#N)c5)ccc34)c(C(F)(F)F)cc21. The van der Waals surface area contributed by atoms with Crippen LogP contribution in [0, 0.1) is 11.3 Å². The average Bonchev–Trinajstić information content (AvgIpc) is 3.49. The Morgan fingerprint density at radius 2 is 1.83 bits per heavy atom. The van der Waals surface area contributed by atoms with Crippen molar-refractivity contribution in [3.05, 3.63) is 89.5 Å². The van der Waals surface area contributed by atoms with Crippen molar-refractivity contribution < 1.29 is 37.1 Å². The predicted molar refractivity (Wildman–Crippen MR) is 142 cm³/mol. The first kappa shape index (κ1) is 27.8. The molecule has 2 aromatic carbocycles. The highest BCUT2D eigenvalue weighted by Crippen LogP contribution is 2.41. The van der Waals surface area contributed by atoms with Crippen molar-refractivity contribution in [1.82, 2.24) is 14.0 Å². The van der Waals surface area contributed by atoms with Crippen LogP contribution in [0.4, 0.5) is 18.9 Å². The van der Waals surface area contributed by atoms with E-state index in [0.717, 1.165) is 6.07 Å². The Labute approximate surface area is 229 Å². The number of amides is 1. The van der Waals surface area contributed by atoms with Gasteiger partial charge in [0.25, 0.3) is 0 Å². The number of hydrogen-bond donors (Lipinski definition) is 3. The number of alkyl halides is 3. The summed E-state index contributed by atoms with van der Waals surface area (Å²) in [5.74, 6) is -1.57. The minimum Gasteiger partial charge on any atom is -0.334 e. The van der Waals surface area contributed by atoms with E-state index in [9.17, 15) is 32.6 Å². The van der Waals surface area contributed by atoms with Gasteiger partial charge in [0, 0.05) is 24.4 Å². The summed E-state index contributed by atoms with van der Waals surface area (Å²) in [4.78, 5) is 47.5. The van der Waals surface area contributed by atoms with Gasteiger partial charge in [-0.05, 0) is 54.1 Å². The van der Waals surface area contributed by atoms with Crippen molar-refractivity contribution in [1.29, 1.82) is 5.26 Å². The standard InChI is InChI=1S/C27H19F3N5O5P/c1-34-14-32-21-10-18(19(11-24(21)34)27(28,29)30)17-3-2-8-35-22(17)6-7-23(35)26(37)15-4-5-20(16(9-15)12-31)33-25(36)13-41(38,39)40/h2-11,14H,13H2,1H3,(H,33,36)(H2,38,39,40). The van der Waals surface area contributed by atoms with Gasteiger partial charge in [-0.25, -0.2) is 4.98 Å². The summed E-state index contributed by atoms with van der Waals surface area (Å²) < 4.78 is 56.4. The van der Waals surface area contributed by atoms with E-state index in [1.165, 1.54) is 70.0 Å². The van der Waals surface area contributed by atoms with Gasteiger partial charge in [0.2, 0.25) is 11.7 Å². The minimum absolute atomic E-state index is 0.0469. The van der Waals surface area contributed by atoms with Crippen LogP contribution in [-0.2, 0) is 22.6 Å². The molecule has 0 aliphatic carbocycles. The van der Waals surface area contributed by atoms with Crippen LogP contribution in [0.1, 0.15) is 27.2 Å². The molecular formula is C27H19F3N5O5P. The molecular weight excluding hydrogens is 562 g/mol. The van der Waals surface area contributed by atoms with E-state index in [4.69, 9.17) is 9.79 Å². The third-order valence-corrected chi connectivity index (χ3v) is 7.11. The third kappa shape index (κ3) is 5.36. The number of nitrogens with one attached hydrogen (secondary N) is 1. The summed E-state index contributed by atoms with van der Waals surface area (Å²) in [6.07, 6.45) is -2.80. The monoisotopic (exact) mass is 581 g/mol. The predicted octanol–water partition coefficient (Wildman–Crippen LogP) is 4.73. The summed E-state index contributed by atoms with van der Waals surface area (Å²) in [6.45, 7) is 0. The molecule has 0 atom stereocenters. The summed E-state index contributed by atoms with van der Waals surface area (Å²) in [7, 11) is -3.03. The zero-order valence-electron chi connectivity index (χ0n) is 21.0. The molecule has 5 rings (SSSR count). The molecule has 3 heterocycles. The van der Waals surface area contributed by atoms with Crippen LogP contribution in [0.2, 0.25) is 0 Å². The number of halogens is 3. The molecule has 10 nitrogen and oxygen atoms in total. The molecule has 0 aliphatic rings. The van der Waals surface area contributed by atoms with E-state index in [0.29, 0.717) is 16.6 Å². The molecule has 0 fully saturated rings. The maximum atomic E-state index is 14.1. The van der Waals surface area contributed by atoms with E-state index in [-0.39, 0.29) is 33.6 Å². The molecule has 3 N–H and O–H groups in total. The van der Waals surface area contributed by atoms with Gasteiger partial charge in [-0.15, -0.1) is 0 Å². The van der Waals surface area contributed by atoms with Gasteiger partial charge in [-0.1, -0.05) is 6.07 Å². The number of carbonyl (C=O) groups is 2. The number of anilines is 1. The van der Waals surface area contributed by atoms with E-state index < -0.39 is 37.2 Å². The molecule has 3 aromatic heterocycles. The largest absolute Gasteiger partial charge is 0.417 e. The van der Waals surface area contributed by atoms with Crippen molar-refractivity contribution in [2.75, 3.05) is 11.5 Å². The fourth-order valence-electron chi connectivity index (χ4n) is 4.59. The first-order valence-corrected chi connectivity index (χ1v) is 13.6. The Morgan fingerprint density at radius 1 is 1.07 bits per heavy atom. The second-order valence-electron chi connectivity index (χ2n) is 9.21. The normalized spacial score (nSPS) is 12.0. The van der Waals surface area contributed by atoms with Crippen molar-refractivity contribution in [3.8, 4) is 17.2 Å². The second kappa shape index (κ2) is 10.0. The summed E-state index contributed by atoms with van der Waals surface area (Å²) >= 11 is 0. The zero-order valence-corrected chi connectivity index (χ0v) is 21.9. The number of benzene rings is 2.